The molecule has 1 aliphatic heterocycles. The van der Waals surface area contributed by atoms with E-state index in [9.17, 15) is 4.79 Å². The number of methoxy groups -OCH3 is 4. The van der Waals surface area contributed by atoms with Crippen molar-refractivity contribution in [2.75, 3.05) is 41.5 Å². The molecule has 0 radical (unpaired) electrons. The summed E-state index contributed by atoms with van der Waals surface area (Å²) in [5.74, 6) is 2.96. The first-order valence-electron chi connectivity index (χ1n) is 10.7. The lowest BCUT2D eigenvalue weighted by Crippen LogP contribution is -2.39. The normalized spacial score (nSPS) is 15.8. The van der Waals surface area contributed by atoms with Gasteiger partial charge in [-0.25, -0.2) is 0 Å². The Morgan fingerprint density at radius 3 is 2.52 bits per heavy atom. The van der Waals surface area contributed by atoms with Crippen LogP contribution in [0.4, 0.5) is 0 Å². The zero-order valence-electron chi connectivity index (χ0n) is 19.2. The first-order valence-corrected chi connectivity index (χ1v) is 10.7. The number of amides is 1. The van der Waals surface area contributed by atoms with E-state index in [1.807, 2.05) is 6.07 Å². The van der Waals surface area contributed by atoms with Gasteiger partial charge in [-0.1, -0.05) is 11.2 Å². The smallest absolute Gasteiger partial charge is 0.257 e. The van der Waals surface area contributed by atoms with Crippen molar-refractivity contribution < 1.29 is 28.3 Å². The number of para-hydroxylation sites is 1. The van der Waals surface area contributed by atoms with Crippen molar-refractivity contribution in [1.82, 2.24) is 15.0 Å². The Kier molecular flexibility index (Phi) is 6.67. The molecule has 0 saturated carbocycles. The van der Waals surface area contributed by atoms with Gasteiger partial charge in [0.1, 0.15) is 0 Å². The zero-order valence-corrected chi connectivity index (χ0v) is 19.2. The van der Waals surface area contributed by atoms with Crippen molar-refractivity contribution in [3.05, 3.63) is 47.9 Å². The van der Waals surface area contributed by atoms with E-state index in [0.717, 1.165) is 18.4 Å². The third-order valence-electron chi connectivity index (χ3n) is 5.77. The summed E-state index contributed by atoms with van der Waals surface area (Å²) >= 11 is 0. The van der Waals surface area contributed by atoms with Gasteiger partial charge < -0.3 is 28.4 Å². The molecule has 174 valence electrons. The highest BCUT2D eigenvalue weighted by molar-refractivity contribution is 5.98. The van der Waals surface area contributed by atoms with Crippen LogP contribution in [0.1, 0.15) is 35.0 Å². The second-order valence-electron chi connectivity index (χ2n) is 7.66. The molecule has 1 amide bonds. The van der Waals surface area contributed by atoms with E-state index in [4.69, 9.17) is 23.5 Å². The molecular weight excluding hydrogens is 426 g/mol. The minimum Gasteiger partial charge on any atom is -0.493 e. The number of ether oxygens (including phenoxy) is 4. The molecule has 3 aromatic rings. The molecule has 1 saturated heterocycles. The average molecular weight is 453 g/mol. The van der Waals surface area contributed by atoms with Crippen molar-refractivity contribution in [3.8, 4) is 34.4 Å². The van der Waals surface area contributed by atoms with Gasteiger partial charge in [-0.2, -0.15) is 4.98 Å². The van der Waals surface area contributed by atoms with E-state index in [-0.39, 0.29) is 11.8 Å². The van der Waals surface area contributed by atoms with Crippen LogP contribution in [0, 0.1) is 0 Å². The number of nitrogens with zero attached hydrogens (tertiary/aromatic N) is 3. The minimum atomic E-state index is -0.116. The number of likely N-dealkylation sites (tertiary alicyclic amines) is 1. The third-order valence-corrected chi connectivity index (χ3v) is 5.77. The Balaban J connectivity index is 1.53. The summed E-state index contributed by atoms with van der Waals surface area (Å²) in [6, 6.07) is 10.7. The molecule has 2 heterocycles. The molecule has 0 N–H and O–H groups in total. The SMILES string of the molecule is COc1ccc(-c2noc(C3CCCN(C(=O)c4cccc(OC)c4OC)C3)n2)cc1OC. The molecule has 9 heteroatoms. The predicted octanol–water partition coefficient (Wildman–Crippen LogP) is 3.79. The van der Waals surface area contributed by atoms with Crippen molar-refractivity contribution in [2.45, 2.75) is 18.8 Å². The first kappa shape index (κ1) is 22.4. The molecule has 0 aliphatic carbocycles. The highest BCUT2D eigenvalue weighted by Gasteiger charge is 2.31. The van der Waals surface area contributed by atoms with E-state index in [2.05, 4.69) is 10.1 Å². The topological polar surface area (TPSA) is 96.2 Å². The standard InChI is InChI=1S/C24H27N3O6/c1-29-18-11-10-15(13-20(18)31-3)22-25-23(33-26-22)16-7-6-12-27(14-16)24(28)17-8-5-9-19(30-2)21(17)32-4/h5,8-11,13,16H,6-7,12,14H2,1-4H3. The maximum atomic E-state index is 13.3. The highest BCUT2D eigenvalue weighted by atomic mass is 16.5. The quantitative estimate of drug-likeness (QED) is 0.533. The average Bonchev–Trinajstić information content (AvgIpc) is 3.37. The van der Waals surface area contributed by atoms with Crippen molar-refractivity contribution in [2.24, 2.45) is 0 Å². The molecule has 9 nitrogen and oxygen atoms in total. The van der Waals surface area contributed by atoms with Gasteiger partial charge in [-0.3, -0.25) is 4.79 Å². The van der Waals surface area contributed by atoms with Gasteiger partial charge in [0.25, 0.3) is 5.91 Å². The van der Waals surface area contributed by atoms with Crippen LogP contribution in [0.3, 0.4) is 0 Å². The largest absolute Gasteiger partial charge is 0.493 e. The molecule has 1 fully saturated rings. The van der Waals surface area contributed by atoms with Gasteiger partial charge in [0.15, 0.2) is 23.0 Å². The molecule has 1 aliphatic rings. The first-order chi connectivity index (χ1) is 16.1. The fraction of sp³-hybridized carbons (Fsp3) is 0.375. The summed E-state index contributed by atoms with van der Waals surface area (Å²) in [7, 11) is 6.24. The second kappa shape index (κ2) is 9.81. The molecule has 1 atom stereocenters. The number of hydrogen-bond donors (Lipinski definition) is 0. The van der Waals surface area contributed by atoms with Crippen LogP contribution in [0.5, 0.6) is 23.0 Å². The molecule has 0 bridgehead atoms. The summed E-state index contributed by atoms with van der Waals surface area (Å²) in [4.78, 5) is 19.7. The van der Waals surface area contributed by atoms with E-state index < -0.39 is 0 Å². The lowest BCUT2D eigenvalue weighted by molar-refractivity contribution is 0.0691. The van der Waals surface area contributed by atoms with Gasteiger partial charge in [0.05, 0.1) is 39.9 Å². The Hall–Kier alpha value is -3.75. The van der Waals surface area contributed by atoms with Gasteiger partial charge in [0, 0.05) is 18.7 Å². The summed E-state index contributed by atoms with van der Waals surface area (Å²) < 4.78 is 27.0. The van der Waals surface area contributed by atoms with Crippen LogP contribution >= 0.6 is 0 Å². The van der Waals surface area contributed by atoms with E-state index in [0.29, 0.717) is 53.4 Å². The van der Waals surface area contributed by atoms with Crippen LogP contribution in [-0.4, -0.2) is 62.5 Å². The number of rotatable bonds is 7. The Bertz CT molecular complexity index is 1130. The Morgan fingerprint density at radius 1 is 1.00 bits per heavy atom. The van der Waals surface area contributed by atoms with Gasteiger partial charge >= 0.3 is 0 Å². The summed E-state index contributed by atoms with van der Waals surface area (Å²) in [6.07, 6.45) is 1.68. The number of aromatic nitrogens is 2. The van der Waals surface area contributed by atoms with Crippen molar-refractivity contribution >= 4 is 5.91 Å². The molecule has 1 unspecified atom stereocenters. The highest BCUT2D eigenvalue weighted by Crippen LogP contribution is 2.35. The summed E-state index contributed by atoms with van der Waals surface area (Å²) in [5.41, 5.74) is 1.22. The van der Waals surface area contributed by atoms with Crippen molar-refractivity contribution in [1.29, 1.82) is 0 Å². The minimum absolute atomic E-state index is 0.0549. The van der Waals surface area contributed by atoms with E-state index in [1.165, 1.54) is 7.11 Å². The van der Waals surface area contributed by atoms with Crippen molar-refractivity contribution in [3.63, 3.8) is 0 Å². The Morgan fingerprint density at radius 2 is 1.79 bits per heavy atom. The maximum absolute atomic E-state index is 13.3. The lowest BCUT2D eigenvalue weighted by atomic mass is 9.97. The van der Waals surface area contributed by atoms with Gasteiger partial charge in [0.2, 0.25) is 11.7 Å². The van der Waals surface area contributed by atoms with Crippen LogP contribution in [-0.2, 0) is 0 Å². The monoisotopic (exact) mass is 453 g/mol. The fourth-order valence-electron chi connectivity index (χ4n) is 4.08. The van der Waals surface area contributed by atoms with E-state index in [1.54, 1.807) is 56.6 Å². The molecule has 1 aromatic heterocycles. The number of benzene rings is 2. The molecule has 2 aromatic carbocycles. The third kappa shape index (κ3) is 4.44. The fourth-order valence-corrected chi connectivity index (χ4v) is 4.08. The number of piperidine rings is 1. The Labute approximate surface area is 192 Å². The summed E-state index contributed by atoms with van der Waals surface area (Å²) in [6.45, 7) is 1.12. The van der Waals surface area contributed by atoms with Gasteiger partial charge in [-0.15, -0.1) is 0 Å². The number of carbonyl (C=O) groups excluding carboxylic acids is 1. The number of hydrogen-bond acceptors (Lipinski definition) is 8. The molecule has 0 spiro atoms. The van der Waals surface area contributed by atoms with Crippen LogP contribution in [0.25, 0.3) is 11.4 Å². The zero-order chi connectivity index (χ0) is 23.4. The lowest BCUT2D eigenvalue weighted by Gasteiger charge is -2.31. The molecule has 4 rings (SSSR count). The maximum Gasteiger partial charge on any atom is 0.257 e. The predicted molar refractivity (Wildman–Crippen MR) is 120 cm³/mol. The number of carbonyl (C=O) groups is 1. The van der Waals surface area contributed by atoms with Crippen LogP contribution in [0.15, 0.2) is 40.9 Å². The van der Waals surface area contributed by atoms with Crippen LogP contribution in [0.2, 0.25) is 0 Å². The van der Waals surface area contributed by atoms with E-state index >= 15 is 0 Å². The summed E-state index contributed by atoms with van der Waals surface area (Å²) in [5, 5.41) is 4.15. The molecule has 33 heavy (non-hydrogen) atoms. The molecular formula is C24H27N3O6. The van der Waals surface area contributed by atoms with Gasteiger partial charge in [-0.05, 0) is 43.2 Å². The second-order valence-corrected chi connectivity index (χ2v) is 7.66. The van der Waals surface area contributed by atoms with Crippen LogP contribution < -0.4 is 18.9 Å².